The Labute approximate surface area is 141 Å². The highest BCUT2D eigenvalue weighted by atomic mass is 19.1. The molecule has 0 bridgehead atoms. The lowest BCUT2D eigenvalue weighted by Gasteiger charge is -2.43. The van der Waals surface area contributed by atoms with Gasteiger partial charge in [0.2, 0.25) is 5.90 Å². The van der Waals surface area contributed by atoms with Crippen molar-refractivity contribution >= 4 is 5.90 Å². The molecule has 1 aromatic rings. The van der Waals surface area contributed by atoms with Gasteiger partial charge in [-0.2, -0.15) is 4.99 Å². The van der Waals surface area contributed by atoms with Gasteiger partial charge in [-0.05, 0) is 37.1 Å². The first-order valence-corrected chi connectivity index (χ1v) is 8.71. The molecular weight excluding hydrogens is 307 g/mol. The normalized spacial score (nSPS) is 22.3. The van der Waals surface area contributed by atoms with Gasteiger partial charge < -0.3 is 15.0 Å². The second-order valence-corrected chi connectivity index (χ2v) is 6.55. The highest BCUT2D eigenvalue weighted by Gasteiger charge is 2.28. The van der Waals surface area contributed by atoms with Crippen LogP contribution in [0.5, 0.6) is 5.75 Å². The van der Waals surface area contributed by atoms with Crippen LogP contribution in [0.2, 0.25) is 0 Å². The molecule has 0 spiro atoms. The number of benzene rings is 1. The second-order valence-electron chi connectivity index (χ2n) is 6.55. The predicted molar refractivity (Wildman–Crippen MR) is 91.3 cm³/mol. The van der Waals surface area contributed by atoms with E-state index in [0.29, 0.717) is 18.2 Å². The summed E-state index contributed by atoms with van der Waals surface area (Å²) in [6.45, 7) is 4.74. The van der Waals surface area contributed by atoms with Gasteiger partial charge in [0.05, 0.1) is 6.54 Å². The van der Waals surface area contributed by atoms with Gasteiger partial charge >= 0.3 is 0 Å². The zero-order valence-electron chi connectivity index (χ0n) is 13.7. The largest absolute Gasteiger partial charge is 0.441 e. The van der Waals surface area contributed by atoms with Gasteiger partial charge in [0.15, 0.2) is 0 Å². The van der Waals surface area contributed by atoms with E-state index in [2.05, 4.69) is 20.1 Å². The molecule has 128 valence electrons. The van der Waals surface area contributed by atoms with Crippen molar-refractivity contribution in [2.75, 3.05) is 32.7 Å². The number of hydrogen-bond acceptors (Lipinski definition) is 5. The quantitative estimate of drug-likeness (QED) is 0.922. The lowest BCUT2D eigenvalue weighted by Crippen LogP contribution is -2.52. The van der Waals surface area contributed by atoms with Gasteiger partial charge in [-0.15, -0.1) is 0 Å². The summed E-state index contributed by atoms with van der Waals surface area (Å²) in [7, 11) is 0. The SMILES string of the molecule is Fc1ccc(OC2=NC(N3CCN(C4CCC4)CC3)=CNC2)cc1. The van der Waals surface area contributed by atoms with Crippen LogP contribution in [0.4, 0.5) is 4.39 Å². The summed E-state index contributed by atoms with van der Waals surface area (Å²) < 4.78 is 18.7. The first-order chi connectivity index (χ1) is 11.8. The van der Waals surface area contributed by atoms with Gasteiger partial charge in [0, 0.05) is 38.4 Å². The molecule has 1 saturated carbocycles. The van der Waals surface area contributed by atoms with E-state index >= 15 is 0 Å². The summed E-state index contributed by atoms with van der Waals surface area (Å²) >= 11 is 0. The van der Waals surface area contributed by atoms with E-state index in [1.54, 1.807) is 12.1 Å². The molecule has 1 N–H and O–H groups in total. The third-order valence-corrected chi connectivity index (χ3v) is 5.00. The summed E-state index contributed by atoms with van der Waals surface area (Å²) in [5.41, 5.74) is 0. The van der Waals surface area contributed by atoms with Gasteiger partial charge in [-0.3, -0.25) is 4.90 Å². The number of hydrogen-bond donors (Lipinski definition) is 1. The van der Waals surface area contributed by atoms with Crippen molar-refractivity contribution in [3.05, 3.63) is 42.1 Å². The molecule has 1 aliphatic carbocycles. The summed E-state index contributed by atoms with van der Waals surface area (Å²) in [4.78, 5) is 9.54. The third-order valence-electron chi connectivity index (χ3n) is 5.00. The number of ether oxygens (including phenoxy) is 1. The van der Waals surface area contributed by atoms with E-state index in [1.165, 1.54) is 31.4 Å². The molecular formula is C18H23FN4O. The molecule has 6 heteroatoms. The van der Waals surface area contributed by atoms with E-state index in [4.69, 9.17) is 4.74 Å². The summed E-state index contributed by atoms with van der Waals surface area (Å²) in [5, 5.41) is 3.22. The van der Waals surface area contributed by atoms with Crippen LogP contribution < -0.4 is 10.1 Å². The minimum absolute atomic E-state index is 0.268. The van der Waals surface area contributed by atoms with Crippen molar-refractivity contribution < 1.29 is 9.13 Å². The molecule has 1 saturated heterocycles. The molecule has 5 nitrogen and oxygen atoms in total. The van der Waals surface area contributed by atoms with Crippen LogP contribution in [0.15, 0.2) is 41.3 Å². The number of aliphatic imine (C=N–C) groups is 1. The number of nitrogens with one attached hydrogen (secondary N) is 1. The summed E-state index contributed by atoms with van der Waals surface area (Å²) in [5.74, 6) is 1.87. The average molecular weight is 330 g/mol. The van der Waals surface area contributed by atoms with E-state index in [0.717, 1.165) is 38.0 Å². The lowest BCUT2D eigenvalue weighted by molar-refractivity contribution is 0.0738. The molecule has 2 aliphatic heterocycles. The van der Waals surface area contributed by atoms with Crippen LogP contribution in [-0.4, -0.2) is 54.5 Å². The Bertz CT molecular complexity index is 631. The van der Waals surface area contributed by atoms with Crippen molar-refractivity contribution in [2.24, 2.45) is 4.99 Å². The highest BCUT2D eigenvalue weighted by molar-refractivity contribution is 5.82. The molecule has 0 unspecified atom stereocenters. The van der Waals surface area contributed by atoms with Gasteiger partial charge in [-0.25, -0.2) is 4.39 Å². The molecule has 4 rings (SSSR count). The molecule has 0 radical (unpaired) electrons. The van der Waals surface area contributed by atoms with E-state index in [1.807, 2.05) is 6.20 Å². The topological polar surface area (TPSA) is 40.1 Å². The Morgan fingerprint density at radius 1 is 1.08 bits per heavy atom. The van der Waals surface area contributed by atoms with Gasteiger partial charge in [0.25, 0.3) is 0 Å². The highest BCUT2D eigenvalue weighted by Crippen LogP contribution is 2.26. The Morgan fingerprint density at radius 3 is 2.50 bits per heavy atom. The Kier molecular flexibility index (Phi) is 4.38. The third kappa shape index (κ3) is 3.38. The van der Waals surface area contributed by atoms with Gasteiger partial charge in [0.1, 0.15) is 17.4 Å². The first-order valence-electron chi connectivity index (χ1n) is 8.71. The zero-order valence-corrected chi connectivity index (χ0v) is 13.7. The van der Waals surface area contributed by atoms with Crippen molar-refractivity contribution in [1.29, 1.82) is 0 Å². The predicted octanol–water partition coefficient (Wildman–Crippen LogP) is 2.18. The maximum absolute atomic E-state index is 13.0. The maximum Gasteiger partial charge on any atom is 0.215 e. The smallest absolute Gasteiger partial charge is 0.215 e. The fourth-order valence-electron chi connectivity index (χ4n) is 3.36. The first kappa shape index (κ1) is 15.4. The molecule has 1 aromatic carbocycles. The maximum atomic E-state index is 13.0. The van der Waals surface area contributed by atoms with Crippen molar-refractivity contribution in [1.82, 2.24) is 15.1 Å². The Balaban J connectivity index is 1.36. The minimum Gasteiger partial charge on any atom is -0.441 e. The minimum atomic E-state index is -0.268. The molecule has 0 amide bonds. The van der Waals surface area contributed by atoms with E-state index in [-0.39, 0.29) is 5.82 Å². The van der Waals surface area contributed by atoms with E-state index < -0.39 is 0 Å². The van der Waals surface area contributed by atoms with Crippen LogP contribution in [0.3, 0.4) is 0 Å². The van der Waals surface area contributed by atoms with E-state index in [9.17, 15) is 4.39 Å². The number of piperazine rings is 1. The van der Waals surface area contributed by atoms with Crippen LogP contribution in [0.1, 0.15) is 19.3 Å². The van der Waals surface area contributed by atoms with Crippen LogP contribution in [0, 0.1) is 5.82 Å². The molecule has 0 atom stereocenters. The van der Waals surface area contributed by atoms with Crippen LogP contribution in [-0.2, 0) is 0 Å². The molecule has 2 fully saturated rings. The van der Waals surface area contributed by atoms with Crippen molar-refractivity contribution in [3.8, 4) is 5.75 Å². The second kappa shape index (κ2) is 6.81. The molecule has 2 heterocycles. The molecule has 24 heavy (non-hydrogen) atoms. The summed E-state index contributed by atoms with van der Waals surface area (Å²) in [6, 6.07) is 6.83. The number of nitrogens with zero attached hydrogens (tertiary/aromatic N) is 3. The standard InChI is InChI=1S/C18H23FN4O/c19-14-4-6-16(7-5-14)24-18-13-20-12-17(21-18)23-10-8-22(9-11-23)15-2-1-3-15/h4-7,12,15,20H,1-3,8-11,13H2. The monoisotopic (exact) mass is 330 g/mol. The van der Waals surface area contributed by atoms with Gasteiger partial charge in [-0.1, -0.05) is 6.42 Å². The lowest BCUT2D eigenvalue weighted by atomic mass is 9.91. The van der Waals surface area contributed by atoms with Crippen LogP contribution in [0.25, 0.3) is 0 Å². The zero-order chi connectivity index (χ0) is 16.4. The van der Waals surface area contributed by atoms with Crippen molar-refractivity contribution in [2.45, 2.75) is 25.3 Å². The fourth-order valence-corrected chi connectivity index (χ4v) is 3.36. The molecule has 0 aromatic heterocycles. The van der Waals surface area contributed by atoms with Crippen LogP contribution >= 0.6 is 0 Å². The van der Waals surface area contributed by atoms with Crippen molar-refractivity contribution in [3.63, 3.8) is 0 Å². The average Bonchev–Trinajstić information content (AvgIpc) is 2.56. The summed E-state index contributed by atoms with van der Waals surface area (Å²) in [6.07, 6.45) is 6.06. The Morgan fingerprint density at radius 2 is 1.83 bits per heavy atom. The fraction of sp³-hybridized carbons (Fsp3) is 0.500. The molecule has 3 aliphatic rings. The Hall–Kier alpha value is -2.08. The number of rotatable bonds is 3. The number of halogens is 1.